The molecular weight excluding hydrogens is 450 g/mol. The Morgan fingerprint density at radius 2 is 1.69 bits per heavy atom. The third-order valence-corrected chi connectivity index (χ3v) is 7.50. The third-order valence-electron chi connectivity index (χ3n) is 5.32. The van der Waals surface area contributed by atoms with Gasteiger partial charge in [0.1, 0.15) is 0 Å². The molecular formula is C23H22ClN3O4S. The molecule has 2 N–H and O–H groups in total. The fourth-order valence-electron chi connectivity index (χ4n) is 3.82. The van der Waals surface area contributed by atoms with Crippen LogP contribution in [0.15, 0.2) is 54.6 Å². The molecule has 9 heteroatoms. The van der Waals surface area contributed by atoms with Crippen LogP contribution in [0.1, 0.15) is 30.1 Å². The molecule has 1 heterocycles. The second kappa shape index (κ2) is 8.80. The first kappa shape index (κ1) is 22.1. The van der Waals surface area contributed by atoms with E-state index in [2.05, 4.69) is 10.6 Å². The lowest BCUT2D eigenvalue weighted by Gasteiger charge is -2.28. The van der Waals surface area contributed by atoms with Crippen molar-refractivity contribution >= 4 is 61.3 Å². The number of anilines is 3. The first-order valence-corrected chi connectivity index (χ1v) is 12.2. The van der Waals surface area contributed by atoms with E-state index < -0.39 is 10.0 Å². The second-order valence-electron chi connectivity index (χ2n) is 7.60. The summed E-state index contributed by atoms with van der Waals surface area (Å²) in [5.74, 6) is -0.426. The molecule has 32 heavy (non-hydrogen) atoms. The van der Waals surface area contributed by atoms with Crippen LogP contribution >= 0.6 is 11.6 Å². The van der Waals surface area contributed by atoms with Gasteiger partial charge in [-0.3, -0.25) is 13.9 Å². The molecule has 1 aliphatic heterocycles. The maximum absolute atomic E-state index is 12.9. The lowest BCUT2D eigenvalue weighted by molar-refractivity contribution is -0.114. The Labute approximate surface area is 191 Å². The average Bonchev–Trinajstić information content (AvgIpc) is 2.75. The Kier molecular flexibility index (Phi) is 6.08. The summed E-state index contributed by atoms with van der Waals surface area (Å²) in [6.45, 7) is 1.86. The molecule has 7 nitrogen and oxygen atoms in total. The second-order valence-corrected chi connectivity index (χ2v) is 10.0. The molecule has 1 saturated heterocycles. The van der Waals surface area contributed by atoms with Crippen LogP contribution in [-0.4, -0.2) is 32.5 Å². The topological polar surface area (TPSA) is 95.6 Å². The van der Waals surface area contributed by atoms with E-state index in [9.17, 15) is 18.0 Å². The third kappa shape index (κ3) is 4.42. The Hall–Kier alpha value is -3.10. The first-order valence-electron chi connectivity index (χ1n) is 10.2. The Morgan fingerprint density at radius 1 is 0.938 bits per heavy atom. The number of rotatable bonds is 4. The number of sulfonamides is 1. The summed E-state index contributed by atoms with van der Waals surface area (Å²) in [5.41, 5.74) is 2.05. The highest BCUT2D eigenvalue weighted by Gasteiger charge is 2.26. The van der Waals surface area contributed by atoms with Gasteiger partial charge in [-0.1, -0.05) is 23.7 Å². The lowest BCUT2D eigenvalue weighted by atomic mass is 10.1. The molecule has 4 rings (SSSR count). The Morgan fingerprint density at radius 3 is 2.38 bits per heavy atom. The number of carbonyl (C=O) groups excluding carboxylic acids is 2. The van der Waals surface area contributed by atoms with Gasteiger partial charge in [0.05, 0.1) is 22.2 Å². The molecule has 166 valence electrons. The van der Waals surface area contributed by atoms with Crippen molar-refractivity contribution in [3.8, 4) is 0 Å². The maximum Gasteiger partial charge on any atom is 0.255 e. The maximum atomic E-state index is 12.9. The zero-order valence-electron chi connectivity index (χ0n) is 17.4. The molecule has 0 bridgehead atoms. The number of hydrogen-bond donors (Lipinski definition) is 2. The summed E-state index contributed by atoms with van der Waals surface area (Å²) in [7, 11) is -3.31. The molecule has 0 atom stereocenters. The molecule has 0 radical (unpaired) electrons. The normalized spacial score (nSPS) is 15.4. The van der Waals surface area contributed by atoms with E-state index in [4.69, 9.17) is 11.6 Å². The van der Waals surface area contributed by atoms with Crippen molar-refractivity contribution < 1.29 is 18.0 Å². The molecule has 3 aromatic rings. The van der Waals surface area contributed by atoms with Crippen LogP contribution in [0.3, 0.4) is 0 Å². The van der Waals surface area contributed by atoms with E-state index in [1.54, 1.807) is 48.5 Å². The average molecular weight is 472 g/mol. The first-order chi connectivity index (χ1) is 15.3. The fourth-order valence-corrected chi connectivity index (χ4v) is 5.72. The van der Waals surface area contributed by atoms with Crippen molar-refractivity contribution in [1.82, 2.24) is 0 Å². The zero-order chi connectivity index (χ0) is 22.9. The van der Waals surface area contributed by atoms with Crippen LogP contribution in [0, 0.1) is 0 Å². The zero-order valence-corrected chi connectivity index (χ0v) is 19.0. The van der Waals surface area contributed by atoms with E-state index in [1.165, 1.54) is 11.2 Å². The van der Waals surface area contributed by atoms with Gasteiger partial charge < -0.3 is 10.6 Å². The minimum Gasteiger partial charge on any atom is -0.326 e. The molecule has 0 unspecified atom stereocenters. The summed E-state index contributed by atoms with van der Waals surface area (Å²) >= 11 is 6.37. The van der Waals surface area contributed by atoms with Gasteiger partial charge in [0.2, 0.25) is 15.9 Å². The Balaban J connectivity index is 1.60. The van der Waals surface area contributed by atoms with E-state index >= 15 is 0 Å². The Bertz CT molecular complexity index is 1310. The number of benzene rings is 3. The molecule has 1 fully saturated rings. The van der Waals surface area contributed by atoms with E-state index in [0.717, 1.165) is 6.42 Å². The molecule has 0 aromatic heterocycles. The summed E-state index contributed by atoms with van der Waals surface area (Å²) in [4.78, 5) is 24.4. The van der Waals surface area contributed by atoms with Gasteiger partial charge >= 0.3 is 0 Å². The van der Waals surface area contributed by atoms with Crippen molar-refractivity contribution in [2.24, 2.45) is 0 Å². The smallest absolute Gasteiger partial charge is 0.255 e. The van der Waals surface area contributed by atoms with Gasteiger partial charge in [0.25, 0.3) is 5.91 Å². The summed E-state index contributed by atoms with van der Waals surface area (Å²) in [6.07, 6.45) is 1.48. The predicted octanol–water partition coefficient (Wildman–Crippen LogP) is 4.63. The highest BCUT2D eigenvalue weighted by atomic mass is 35.5. The molecule has 0 spiro atoms. The number of amides is 2. The van der Waals surface area contributed by atoms with Crippen LogP contribution in [0.25, 0.3) is 10.8 Å². The van der Waals surface area contributed by atoms with Gasteiger partial charge in [-0.15, -0.1) is 0 Å². The number of halogens is 1. The fraction of sp³-hybridized carbons (Fsp3) is 0.217. The van der Waals surface area contributed by atoms with E-state index in [1.807, 2.05) is 6.07 Å². The van der Waals surface area contributed by atoms with Crippen molar-refractivity contribution in [2.45, 2.75) is 19.8 Å². The molecule has 1 aliphatic rings. The quantitative estimate of drug-likeness (QED) is 0.579. The van der Waals surface area contributed by atoms with Crippen molar-refractivity contribution in [1.29, 1.82) is 0 Å². The number of nitrogens with zero attached hydrogens (tertiary/aromatic N) is 1. The molecule has 0 aliphatic carbocycles. The van der Waals surface area contributed by atoms with Crippen LogP contribution in [0.5, 0.6) is 0 Å². The SMILES string of the molecule is CC(=O)Nc1cccc2c(NC(=O)c3ccc(N4CCCCS4(=O)=O)cc3)ccc(Cl)c12. The lowest BCUT2D eigenvalue weighted by Crippen LogP contribution is -2.37. The van der Waals surface area contributed by atoms with Gasteiger partial charge in [0.15, 0.2) is 0 Å². The molecule has 3 aromatic carbocycles. The molecule has 2 amide bonds. The highest BCUT2D eigenvalue weighted by Crippen LogP contribution is 2.35. The van der Waals surface area contributed by atoms with Gasteiger partial charge in [-0.05, 0) is 55.3 Å². The monoisotopic (exact) mass is 471 g/mol. The van der Waals surface area contributed by atoms with Crippen molar-refractivity contribution in [2.75, 3.05) is 27.2 Å². The van der Waals surface area contributed by atoms with Gasteiger partial charge in [-0.25, -0.2) is 8.42 Å². The van der Waals surface area contributed by atoms with Crippen LogP contribution in [0.2, 0.25) is 5.02 Å². The van der Waals surface area contributed by atoms with Crippen LogP contribution in [-0.2, 0) is 14.8 Å². The summed E-state index contributed by atoms with van der Waals surface area (Å²) in [5, 5.41) is 7.41. The number of nitrogens with one attached hydrogen (secondary N) is 2. The minimum atomic E-state index is -3.31. The molecule has 0 saturated carbocycles. The number of hydrogen-bond acceptors (Lipinski definition) is 4. The predicted molar refractivity (Wildman–Crippen MR) is 128 cm³/mol. The standard InChI is InChI=1S/C23H22ClN3O4S/c1-15(28)25-21-6-4-5-18-20(12-11-19(24)22(18)21)26-23(29)16-7-9-17(10-8-16)27-13-2-3-14-32(27,30)31/h4-12H,2-3,13-14H2,1H3,(H,25,28)(H,26,29). The number of carbonyl (C=O) groups is 2. The summed E-state index contributed by atoms with van der Waals surface area (Å²) < 4.78 is 26.0. The largest absolute Gasteiger partial charge is 0.326 e. The van der Waals surface area contributed by atoms with Crippen molar-refractivity contribution in [3.63, 3.8) is 0 Å². The van der Waals surface area contributed by atoms with Gasteiger partial charge in [0, 0.05) is 35.5 Å². The van der Waals surface area contributed by atoms with Gasteiger partial charge in [-0.2, -0.15) is 0 Å². The van der Waals surface area contributed by atoms with Crippen LogP contribution in [0.4, 0.5) is 17.1 Å². The highest BCUT2D eigenvalue weighted by molar-refractivity contribution is 7.92. The number of fused-ring (bicyclic) bond motifs is 1. The van der Waals surface area contributed by atoms with Crippen molar-refractivity contribution in [3.05, 3.63) is 65.2 Å². The van der Waals surface area contributed by atoms with E-state index in [-0.39, 0.29) is 17.6 Å². The van der Waals surface area contributed by atoms with E-state index in [0.29, 0.717) is 51.4 Å². The van der Waals surface area contributed by atoms with Crippen LogP contribution < -0.4 is 14.9 Å². The summed E-state index contributed by atoms with van der Waals surface area (Å²) in [6, 6.07) is 15.2. The minimum absolute atomic E-state index is 0.138.